The molecule has 29 heavy (non-hydrogen) atoms. The maximum Gasteiger partial charge on any atom is 0.258 e. The molecule has 4 aromatic rings. The van der Waals surface area contributed by atoms with Crippen LogP contribution in [0, 0.1) is 6.92 Å². The highest BCUT2D eigenvalue weighted by Crippen LogP contribution is 2.27. The Labute approximate surface area is 178 Å². The third kappa shape index (κ3) is 4.38. The number of hydrogen-bond donors (Lipinski definition) is 1. The molecule has 0 fully saturated rings. The second-order valence-electron chi connectivity index (χ2n) is 6.39. The van der Waals surface area contributed by atoms with Crippen molar-refractivity contribution in [3.05, 3.63) is 91.8 Å². The van der Waals surface area contributed by atoms with Gasteiger partial charge in [0.15, 0.2) is 4.96 Å². The second kappa shape index (κ2) is 8.18. The summed E-state index contributed by atoms with van der Waals surface area (Å²) in [5.74, 6) is 0.269. The Hall–Kier alpha value is -2.97. The second-order valence-corrected chi connectivity index (χ2v) is 8.18. The summed E-state index contributed by atoms with van der Waals surface area (Å²) in [6.45, 7) is 2.05. The van der Waals surface area contributed by atoms with E-state index >= 15 is 0 Å². The van der Waals surface area contributed by atoms with Crippen LogP contribution in [0.3, 0.4) is 0 Å². The summed E-state index contributed by atoms with van der Waals surface area (Å²) in [5, 5.41) is 4.71. The quantitative estimate of drug-likeness (QED) is 0.461. The Morgan fingerprint density at radius 2 is 2.10 bits per heavy atom. The number of thiazole rings is 1. The van der Waals surface area contributed by atoms with E-state index in [2.05, 4.69) is 26.2 Å². The van der Waals surface area contributed by atoms with E-state index in [4.69, 9.17) is 4.74 Å². The first-order valence-electron chi connectivity index (χ1n) is 8.76. The molecule has 0 aliphatic carbocycles. The number of fused-ring (bicyclic) bond motifs is 1. The van der Waals surface area contributed by atoms with Crippen LogP contribution < -0.4 is 15.6 Å². The number of benzene rings is 2. The van der Waals surface area contributed by atoms with Gasteiger partial charge in [-0.05, 0) is 42.8 Å². The minimum absolute atomic E-state index is 0.118. The van der Waals surface area contributed by atoms with E-state index in [0.29, 0.717) is 27.7 Å². The third-order valence-electron chi connectivity index (χ3n) is 4.20. The summed E-state index contributed by atoms with van der Waals surface area (Å²) >= 11 is 4.76. The van der Waals surface area contributed by atoms with Crippen LogP contribution in [-0.2, 0) is 6.61 Å². The molecule has 146 valence electrons. The molecule has 1 amide bonds. The van der Waals surface area contributed by atoms with Gasteiger partial charge >= 0.3 is 0 Å². The molecule has 0 spiro atoms. The van der Waals surface area contributed by atoms with Crippen molar-refractivity contribution in [2.75, 3.05) is 5.32 Å². The highest BCUT2D eigenvalue weighted by Gasteiger charge is 2.12. The summed E-state index contributed by atoms with van der Waals surface area (Å²) in [4.78, 5) is 29.8. The molecule has 0 saturated carbocycles. The van der Waals surface area contributed by atoms with Gasteiger partial charge in [-0.2, -0.15) is 0 Å². The smallest absolute Gasteiger partial charge is 0.258 e. The maximum atomic E-state index is 12.6. The summed E-state index contributed by atoms with van der Waals surface area (Å²) < 4.78 is 8.21. The van der Waals surface area contributed by atoms with Gasteiger partial charge in [-0.15, -0.1) is 11.3 Å². The van der Waals surface area contributed by atoms with Crippen LogP contribution in [0.2, 0.25) is 0 Å². The molecule has 0 aliphatic rings. The maximum absolute atomic E-state index is 12.6. The van der Waals surface area contributed by atoms with Crippen LogP contribution in [0.25, 0.3) is 4.96 Å². The predicted octanol–water partition coefficient (Wildman–Crippen LogP) is 4.66. The van der Waals surface area contributed by atoms with Crippen molar-refractivity contribution in [1.29, 1.82) is 0 Å². The minimum atomic E-state index is -0.238. The van der Waals surface area contributed by atoms with Crippen molar-refractivity contribution in [1.82, 2.24) is 9.38 Å². The first-order valence-corrected chi connectivity index (χ1v) is 10.4. The molecule has 0 saturated heterocycles. The number of aromatic nitrogens is 2. The topological polar surface area (TPSA) is 72.7 Å². The van der Waals surface area contributed by atoms with E-state index in [9.17, 15) is 9.59 Å². The minimum Gasteiger partial charge on any atom is -0.485 e. The zero-order valence-electron chi connectivity index (χ0n) is 15.4. The first kappa shape index (κ1) is 19.4. The average Bonchev–Trinajstić information content (AvgIpc) is 3.16. The Morgan fingerprint density at radius 3 is 2.93 bits per heavy atom. The number of carbonyl (C=O) groups excluding carboxylic acids is 1. The lowest BCUT2D eigenvalue weighted by atomic mass is 10.1. The van der Waals surface area contributed by atoms with Crippen molar-refractivity contribution in [2.24, 2.45) is 0 Å². The number of nitrogens with zero attached hydrogens (tertiary/aromatic N) is 2. The van der Waals surface area contributed by atoms with E-state index in [1.54, 1.807) is 30.5 Å². The van der Waals surface area contributed by atoms with Crippen molar-refractivity contribution in [3.63, 3.8) is 0 Å². The standard InChI is InChI=1S/C21H16BrN3O3S/c1-13-5-6-18(17(9-13)24-20(27)14-3-2-4-15(22)10-14)28-12-16-11-19(26)25-7-8-29-21(25)23-16/h2-11H,12H2,1H3,(H,24,27). The van der Waals surface area contributed by atoms with Gasteiger partial charge in [0.05, 0.1) is 11.4 Å². The van der Waals surface area contributed by atoms with Crippen LogP contribution in [0.1, 0.15) is 21.6 Å². The van der Waals surface area contributed by atoms with Crippen molar-refractivity contribution in [2.45, 2.75) is 13.5 Å². The summed E-state index contributed by atoms with van der Waals surface area (Å²) in [6, 6.07) is 14.1. The van der Waals surface area contributed by atoms with Gasteiger partial charge < -0.3 is 10.1 Å². The van der Waals surface area contributed by atoms with Gasteiger partial charge in [0.25, 0.3) is 11.5 Å². The molecule has 0 unspecified atom stereocenters. The van der Waals surface area contributed by atoms with Gasteiger partial charge in [0.1, 0.15) is 12.4 Å². The molecule has 6 nitrogen and oxygen atoms in total. The molecule has 0 bridgehead atoms. The molecule has 1 N–H and O–H groups in total. The monoisotopic (exact) mass is 469 g/mol. The lowest BCUT2D eigenvalue weighted by molar-refractivity contribution is 0.102. The lowest BCUT2D eigenvalue weighted by Gasteiger charge is -2.13. The molecular weight excluding hydrogens is 454 g/mol. The van der Waals surface area contributed by atoms with Crippen molar-refractivity contribution < 1.29 is 9.53 Å². The fraction of sp³-hybridized carbons (Fsp3) is 0.0952. The highest BCUT2D eigenvalue weighted by molar-refractivity contribution is 9.10. The average molecular weight is 470 g/mol. The zero-order chi connectivity index (χ0) is 20.4. The fourth-order valence-corrected chi connectivity index (χ4v) is 3.94. The van der Waals surface area contributed by atoms with Gasteiger partial charge in [-0.3, -0.25) is 14.0 Å². The van der Waals surface area contributed by atoms with Gasteiger partial charge in [-0.1, -0.05) is 28.1 Å². The number of rotatable bonds is 5. The molecular formula is C21H16BrN3O3S. The van der Waals surface area contributed by atoms with E-state index < -0.39 is 0 Å². The van der Waals surface area contributed by atoms with Crippen LogP contribution in [0.5, 0.6) is 5.75 Å². The van der Waals surface area contributed by atoms with Gasteiger partial charge in [0, 0.05) is 27.7 Å². The largest absolute Gasteiger partial charge is 0.485 e. The molecule has 0 aliphatic heterocycles. The highest BCUT2D eigenvalue weighted by atomic mass is 79.9. The predicted molar refractivity (Wildman–Crippen MR) is 117 cm³/mol. The third-order valence-corrected chi connectivity index (χ3v) is 5.45. The normalized spacial score (nSPS) is 10.8. The molecule has 2 aromatic carbocycles. The number of halogens is 1. The Kier molecular flexibility index (Phi) is 5.46. The Morgan fingerprint density at radius 1 is 1.24 bits per heavy atom. The Bertz CT molecular complexity index is 1270. The lowest BCUT2D eigenvalue weighted by Crippen LogP contribution is -2.15. The zero-order valence-corrected chi connectivity index (χ0v) is 17.8. The van der Waals surface area contributed by atoms with Gasteiger partial charge in [0.2, 0.25) is 0 Å². The molecule has 2 aromatic heterocycles. The van der Waals surface area contributed by atoms with Crippen LogP contribution >= 0.6 is 27.3 Å². The summed E-state index contributed by atoms with van der Waals surface area (Å²) in [5.41, 5.74) is 2.45. The summed E-state index contributed by atoms with van der Waals surface area (Å²) in [6.07, 6.45) is 1.69. The first-order chi connectivity index (χ1) is 14.0. The van der Waals surface area contributed by atoms with E-state index in [1.807, 2.05) is 30.5 Å². The van der Waals surface area contributed by atoms with E-state index in [-0.39, 0.29) is 18.1 Å². The van der Waals surface area contributed by atoms with Crippen LogP contribution in [-0.4, -0.2) is 15.3 Å². The number of amides is 1. The summed E-state index contributed by atoms with van der Waals surface area (Å²) in [7, 11) is 0. The molecule has 0 atom stereocenters. The number of carbonyl (C=O) groups is 1. The fourth-order valence-electron chi connectivity index (χ4n) is 2.81. The number of ether oxygens (including phenoxy) is 1. The number of aryl methyl sites for hydroxylation is 1. The molecule has 4 rings (SSSR count). The van der Waals surface area contributed by atoms with Crippen LogP contribution in [0.4, 0.5) is 5.69 Å². The molecule has 2 heterocycles. The van der Waals surface area contributed by atoms with E-state index in [1.165, 1.54) is 21.8 Å². The van der Waals surface area contributed by atoms with Gasteiger partial charge in [-0.25, -0.2) is 4.98 Å². The number of anilines is 1. The molecule has 8 heteroatoms. The van der Waals surface area contributed by atoms with Crippen molar-refractivity contribution in [3.8, 4) is 5.75 Å². The van der Waals surface area contributed by atoms with E-state index in [0.717, 1.165) is 10.0 Å². The SMILES string of the molecule is Cc1ccc(OCc2cc(=O)n3ccsc3n2)c(NC(=O)c2cccc(Br)c2)c1. The van der Waals surface area contributed by atoms with Crippen LogP contribution in [0.15, 0.2) is 69.4 Å². The Balaban J connectivity index is 1.56. The number of nitrogens with one attached hydrogen (secondary N) is 1. The number of hydrogen-bond acceptors (Lipinski definition) is 5. The van der Waals surface area contributed by atoms with Crippen molar-refractivity contribution >= 4 is 43.8 Å². The molecule has 0 radical (unpaired) electrons.